The van der Waals surface area contributed by atoms with Gasteiger partial charge in [0.15, 0.2) is 5.16 Å². The Morgan fingerprint density at radius 2 is 1.80 bits per heavy atom. The monoisotopic (exact) mass is 418 g/mol. The average Bonchev–Trinajstić information content (AvgIpc) is 3.18. The lowest BCUT2D eigenvalue weighted by atomic mass is 9.95. The third-order valence-electron chi connectivity index (χ3n) is 5.98. The highest BCUT2D eigenvalue weighted by molar-refractivity contribution is 8.00. The van der Waals surface area contributed by atoms with Crippen molar-refractivity contribution in [3.05, 3.63) is 48.5 Å². The number of thioether (sulfide) groups is 1. The number of carbonyl (C=O) groups excluding carboxylic acids is 1. The summed E-state index contributed by atoms with van der Waals surface area (Å²) in [6.07, 6.45) is 6.65. The minimum atomic E-state index is -0.176. The van der Waals surface area contributed by atoms with Crippen LogP contribution < -0.4 is 5.32 Å². The van der Waals surface area contributed by atoms with Gasteiger partial charge in [0.2, 0.25) is 5.91 Å². The number of imidazole rings is 1. The Morgan fingerprint density at radius 1 is 1.07 bits per heavy atom. The number of rotatable bonds is 5. The molecule has 6 heteroatoms. The molecule has 30 heavy (non-hydrogen) atoms. The number of amides is 1. The van der Waals surface area contributed by atoms with Crippen LogP contribution in [0.15, 0.2) is 53.7 Å². The first kappa shape index (κ1) is 19.4. The SMILES string of the molecule is CC[C@@H](Sc1nc2ccccc2c2nc3ccccc3n12)C(=O)NC1CCCCC1. The van der Waals surface area contributed by atoms with Crippen molar-refractivity contribution in [1.82, 2.24) is 19.7 Å². The molecular formula is C24H26N4OS. The van der Waals surface area contributed by atoms with Crippen LogP contribution in [-0.4, -0.2) is 31.6 Å². The number of fused-ring (bicyclic) bond motifs is 5. The summed E-state index contributed by atoms with van der Waals surface area (Å²) in [5.41, 5.74) is 3.77. The summed E-state index contributed by atoms with van der Waals surface area (Å²) >= 11 is 1.55. The van der Waals surface area contributed by atoms with Crippen LogP contribution in [-0.2, 0) is 4.79 Å². The standard InChI is InChI=1S/C24H26N4OS/c1-2-21(23(29)25-16-10-4-3-5-11-16)30-24-27-18-13-7-6-12-17(18)22-26-19-14-8-9-15-20(19)28(22)24/h6-9,12-16,21H,2-5,10-11H2,1H3,(H,25,29)/t21-/m1/s1. The van der Waals surface area contributed by atoms with Gasteiger partial charge in [-0.25, -0.2) is 9.97 Å². The molecule has 0 saturated heterocycles. The maximum atomic E-state index is 13.1. The first-order valence-corrected chi connectivity index (χ1v) is 11.8. The molecular weight excluding hydrogens is 392 g/mol. The van der Waals surface area contributed by atoms with E-state index in [1.165, 1.54) is 19.3 Å². The second-order valence-corrected chi connectivity index (χ2v) is 9.20. The van der Waals surface area contributed by atoms with Crippen molar-refractivity contribution in [3.63, 3.8) is 0 Å². The molecule has 1 atom stereocenters. The highest BCUT2D eigenvalue weighted by Gasteiger charge is 2.25. The number of carbonyl (C=O) groups is 1. The Balaban J connectivity index is 1.55. The minimum absolute atomic E-state index is 0.127. The quantitative estimate of drug-likeness (QED) is 0.350. The fraction of sp³-hybridized carbons (Fsp3) is 0.375. The van der Waals surface area contributed by atoms with E-state index in [0.29, 0.717) is 6.04 Å². The molecule has 0 unspecified atom stereocenters. The van der Waals surface area contributed by atoms with Gasteiger partial charge < -0.3 is 5.32 Å². The van der Waals surface area contributed by atoms with E-state index in [9.17, 15) is 4.79 Å². The third kappa shape index (κ3) is 3.54. The van der Waals surface area contributed by atoms with Gasteiger partial charge in [0, 0.05) is 11.4 Å². The highest BCUT2D eigenvalue weighted by Crippen LogP contribution is 2.32. The van der Waals surface area contributed by atoms with Gasteiger partial charge in [0.1, 0.15) is 5.65 Å². The van der Waals surface area contributed by atoms with Crippen molar-refractivity contribution < 1.29 is 4.79 Å². The van der Waals surface area contributed by atoms with Crippen LogP contribution in [0.5, 0.6) is 0 Å². The molecule has 0 aliphatic heterocycles. The van der Waals surface area contributed by atoms with Crippen LogP contribution in [0.2, 0.25) is 0 Å². The second kappa shape index (κ2) is 8.26. The molecule has 154 valence electrons. The zero-order valence-corrected chi connectivity index (χ0v) is 18.0. The lowest BCUT2D eigenvalue weighted by molar-refractivity contribution is -0.121. The zero-order chi connectivity index (χ0) is 20.5. The largest absolute Gasteiger partial charge is 0.352 e. The molecule has 1 aliphatic rings. The van der Waals surface area contributed by atoms with E-state index in [1.54, 1.807) is 11.8 Å². The topological polar surface area (TPSA) is 59.3 Å². The Morgan fingerprint density at radius 3 is 2.60 bits per heavy atom. The van der Waals surface area contributed by atoms with Crippen molar-refractivity contribution in [2.45, 2.75) is 61.9 Å². The molecule has 5 nitrogen and oxygen atoms in total. The molecule has 2 aromatic carbocycles. The smallest absolute Gasteiger partial charge is 0.233 e. The molecule has 1 amide bonds. The number of nitrogens with zero attached hydrogens (tertiary/aromatic N) is 3. The number of hydrogen-bond acceptors (Lipinski definition) is 4. The summed E-state index contributed by atoms with van der Waals surface area (Å²) in [6.45, 7) is 2.07. The molecule has 5 rings (SSSR count). The van der Waals surface area contributed by atoms with E-state index in [2.05, 4.69) is 28.8 Å². The predicted molar refractivity (Wildman–Crippen MR) is 123 cm³/mol. The van der Waals surface area contributed by atoms with Crippen molar-refractivity contribution in [3.8, 4) is 0 Å². The lowest BCUT2D eigenvalue weighted by Gasteiger charge is -2.25. The van der Waals surface area contributed by atoms with Crippen molar-refractivity contribution >= 4 is 45.3 Å². The maximum Gasteiger partial charge on any atom is 0.233 e. The predicted octanol–water partition coefficient (Wildman–Crippen LogP) is 5.36. The summed E-state index contributed by atoms with van der Waals surface area (Å²) in [5, 5.41) is 4.97. The summed E-state index contributed by atoms with van der Waals surface area (Å²) in [7, 11) is 0. The van der Waals surface area contributed by atoms with Crippen LogP contribution in [0.1, 0.15) is 45.4 Å². The maximum absolute atomic E-state index is 13.1. The molecule has 0 spiro atoms. The molecule has 2 aromatic heterocycles. The van der Waals surface area contributed by atoms with Gasteiger partial charge in [0.25, 0.3) is 0 Å². The van der Waals surface area contributed by atoms with E-state index in [-0.39, 0.29) is 11.2 Å². The Hall–Kier alpha value is -2.60. The summed E-state index contributed by atoms with van der Waals surface area (Å²) in [4.78, 5) is 22.9. The highest BCUT2D eigenvalue weighted by atomic mass is 32.2. The number of hydrogen-bond donors (Lipinski definition) is 1. The number of para-hydroxylation sites is 3. The normalized spacial score (nSPS) is 16.3. The van der Waals surface area contributed by atoms with Gasteiger partial charge in [0.05, 0.1) is 21.8 Å². The Kier molecular flexibility index (Phi) is 5.34. The van der Waals surface area contributed by atoms with Gasteiger partial charge in [-0.05, 0) is 43.5 Å². The van der Waals surface area contributed by atoms with Crippen LogP contribution in [0, 0.1) is 0 Å². The number of nitrogens with one attached hydrogen (secondary N) is 1. The summed E-state index contributed by atoms with van der Waals surface area (Å²) in [5.74, 6) is 0.127. The van der Waals surface area contributed by atoms with Crippen molar-refractivity contribution in [2.24, 2.45) is 0 Å². The molecule has 1 saturated carbocycles. The number of benzene rings is 2. The van der Waals surface area contributed by atoms with Crippen molar-refractivity contribution in [2.75, 3.05) is 0 Å². The third-order valence-corrected chi connectivity index (χ3v) is 7.29. The van der Waals surface area contributed by atoms with E-state index >= 15 is 0 Å². The Labute approximate surface area is 180 Å². The van der Waals surface area contributed by atoms with Gasteiger partial charge >= 0.3 is 0 Å². The van der Waals surface area contributed by atoms with Crippen LogP contribution >= 0.6 is 11.8 Å². The van der Waals surface area contributed by atoms with Crippen molar-refractivity contribution in [1.29, 1.82) is 0 Å². The lowest BCUT2D eigenvalue weighted by Crippen LogP contribution is -2.41. The molecule has 1 N–H and O–H groups in total. The van der Waals surface area contributed by atoms with E-state index in [4.69, 9.17) is 9.97 Å². The van der Waals surface area contributed by atoms with Gasteiger partial charge in [-0.1, -0.05) is 62.2 Å². The van der Waals surface area contributed by atoms with Crippen LogP contribution in [0.25, 0.3) is 27.6 Å². The fourth-order valence-electron chi connectivity index (χ4n) is 4.38. The first-order chi connectivity index (χ1) is 14.7. The fourth-order valence-corrected chi connectivity index (χ4v) is 5.42. The Bertz CT molecular complexity index is 1210. The van der Waals surface area contributed by atoms with Gasteiger partial charge in [-0.3, -0.25) is 9.20 Å². The van der Waals surface area contributed by atoms with Crippen LogP contribution in [0.4, 0.5) is 0 Å². The molecule has 0 bridgehead atoms. The molecule has 2 heterocycles. The number of aromatic nitrogens is 3. The summed E-state index contributed by atoms with van der Waals surface area (Å²) < 4.78 is 2.11. The first-order valence-electron chi connectivity index (χ1n) is 10.9. The molecule has 1 aliphatic carbocycles. The van der Waals surface area contributed by atoms with Gasteiger partial charge in [-0.2, -0.15) is 0 Å². The average molecular weight is 419 g/mol. The summed E-state index contributed by atoms with van der Waals surface area (Å²) in [6, 6.07) is 16.5. The van der Waals surface area contributed by atoms with Crippen LogP contribution in [0.3, 0.4) is 0 Å². The zero-order valence-electron chi connectivity index (χ0n) is 17.2. The molecule has 1 fully saturated rings. The molecule has 0 radical (unpaired) electrons. The van der Waals surface area contributed by atoms with E-state index in [1.807, 2.05) is 36.4 Å². The molecule has 4 aromatic rings. The van der Waals surface area contributed by atoms with E-state index in [0.717, 1.165) is 52.0 Å². The van der Waals surface area contributed by atoms with Gasteiger partial charge in [-0.15, -0.1) is 0 Å². The second-order valence-electron chi connectivity index (χ2n) is 8.03. The van der Waals surface area contributed by atoms with E-state index < -0.39 is 0 Å². The minimum Gasteiger partial charge on any atom is -0.352 e.